The Morgan fingerprint density at radius 2 is 1.79 bits per heavy atom. The van der Waals surface area contributed by atoms with E-state index in [2.05, 4.69) is 20.4 Å². The van der Waals surface area contributed by atoms with Crippen molar-refractivity contribution in [3.63, 3.8) is 0 Å². The van der Waals surface area contributed by atoms with Crippen molar-refractivity contribution in [1.82, 2.24) is 0 Å². The Hall–Kier alpha value is -0.260. The number of rotatable bonds is 0. The molecular weight excluding hydrogens is 288 g/mol. The van der Waals surface area contributed by atoms with Crippen LogP contribution in [0.2, 0.25) is 0 Å². The van der Waals surface area contributed by atoms with Gasteiger partial charge in [-0.1, -0.05) is 32.4 Å². The maximum Gasteiger partial charge on any atom is -0.0146 e. The molecule has 0 radical (unpaired) electrons. The van der Waals surface area contributed by atoms with Crippen molar-refractivity contribution in [2.45, 2.75) is 90.9 Å². The zero-order valence-corrected chi connectivity index (χ0v) is 16.2. The van der Waals surface area contributed by atoms with Gasteiger partial charge in [0.05, 0.1) is 0 Å². The van der Waals surface area contributed by atoms with Crippen LogP contribution in [0.15, 0.2) is 12.2 Å². The summed E-state index contributed by atoms with van der Waals surface area (Å²) in [7, 11) is 0. The van der Waals surface area contributed by atoms with E-state index in [0.29, 0.717) is 10.8 Å². The largest absolute Gasteiger partial charge is 0.0996 e. The molecule has 0 amide bonds. The predicted molar refractivity (Wildman–Crippen MR) is 102 cm³/mol. The average Bonchev–Trinajstić information content (AvgIpc) is 2.96. The summed E-state index contributed by atoms with van der Waals surface area (Å²) < 4.78 is 0. The third-order valence-electron chi connectivity index (χ3n) is 10.3. The van der Waals surface area contributed by atoms with Gasteiger partial charge in [0.2, 0.25) is 0 Å². The van der Waals surface area contributed by atoms with Crippen LogP contribution in [-0.4, -0.2) is 0 Å². The lowest BCUT2D eigenvalue weighted by atomic mass is 9.43. The Morgan fingerprint density at radius 3 is 2.67 bits per heavy atom. The van der Waals surface area contributed by atoms with Gasteiger partial charge in [0.1, 0.15) is 0 Å². The predicted octanol–water partition coefficient (Wildman–Crippen LogP) is 7.00. The third-order valence-corrected chi connectivity index (χ3v) is 10.3. The van der Waals surface area contributed by atoms with Crippen molar-refractivity contribution < 1.29 is 0 Å². The quantitative estimate of drug-likeness (QED) is 0.420. The van der Waals surface area contributed by atoms with Crippen LogP contribution < -0.4 is 0 Å². The van der Waals surface area contributed by atoms with Gasteiger partial charge in [0, 0.05) is 0 Å². The molecule has 5 fully saturated rings. The highest BCUT2D eigenvalue weighted by molar-refractivity contribution is 5.19. The minimum Gasteiger partial charge on any atom is -0.0996 e. The first-order valence-electron chi connectivity index (χ1n) is 11.2. The van der Waals surface area contributed by atoms with Gasteiger partial charge in [-0.2, -0.15) is 0 Å². The Balaban J connectivity index is 1.46. The van der Waals surface area contributed by atoms with Crippen LogP contribution in [0.3, 0.4) is 0 Å². The van der Waals surface area contributed by atoms with Crippen molar-refractivity contribution in [2.75, 3.05) is 0 Å². The molecule has 134 valence electrons. The van der Waals surface area contributed by atoms with Crippen LogP contribution in [0.25, 0.3) is 0 Å². The standard InChI is InChI=1S/C24H38/c1-16-10-13-23(3)18(15-16)6-7-19-21(23)11-14-24-12-4-5-17(2)20(24)8-9-22(19)24/h16,18-22H,2,4-15H2,1,3H3/t16-,18?,19?,20?,21?,22?,23?,24?/m1/s1. The molecule has 0 heteroatoms. The molecule has 0 aliphatic heterocycles. The smallest absolute Gasteiger partial charge is 0.0146 e. The van der Waals surface area contributed by atoms with Crippen molar-refractivity contribution in [1.29, 1.82) is 0 Å². The molecule has 5 rings (SSSR count). The van der Waals surface area contributed by atoms with E-state index in [-0.39, 0.29) is 0 Å². The van der Waals surface area contributed by atoms with E-state index < -0.39 is 0 Å². The lowest BCUT2D eigenvalue weighted by molar-refractivity contribution is -0.123. The average molecular weight is 327 g/mol. The number of fused-ring (bicyclic) bond motifs is 4. The van der Waals surface area contributed by atoms with Crippen LogP contribution in [0, 0.1) is 46.3 Å². The summed E-state index contributed by atoms with van der Waals surface area (Å²) in [5, 5.41) is 0. The molecule has 0 bridgehead atoms. The van der Waals surface area contributed by atoms with Crippen molar-refractivity contribution in [3.8, 4) is 0 Å². The summed E-state index contributed by atoms with van der Waals surface area (Å²) in [5.41, 5.74) is 3.05. The maximum absolute atomic E-state index is 4.53. The fourth-order valence-electron chi connectivity index (χ4n) is 9.20. The molecule has 5 aliphatic rings. The lowest BCUT2D eigenvalue weighted by Gasteiger charge is -2.62. The lowest BCUT2D eigenvalue weighted by Crippen LogP contribution is -2.54. The molecule has 0 nitrogen and oxygen atoms in total. The van der Waals surface area contributed by atoms with Crippen molar-refractivity contribution in [2.24, 2.45) is 46.3 Å². The topological polar surface area (TPSA) is 0 Å². The van der Waals surface area contributed by atoms with E-state index in [4.69, 9.17) is 0 Å². The summed E-state index contributed by atoms with van der Waals surface area (Å²) in [5.74, 6) is 6.16. The Kier molecular flexibility index (Phi) is 3.57. The van der Waals surface area contributed by atoms with Gasteiger partial charge < -0.3 is 0 Å². The monoisotopic (exact) mass is 326 g/mol. The molecule has 7 unspecified atom stereocenters. The molecule has 8 atom stereocenters. The fourth-order valence-corrected chi connectivity index (χ4v) is 9.20. The molecule has 0 aromatic heterocycles. The first-order valence-corrected chi connectivity index (χ1v) is 11.2. The van der Waals surface area contributed by atoms with Crippen LogP contribution in [0.1, 0.15) is 90.9 Å². The molecule has 0 N–H and O–H groups in total. The second kappa shape index (κ2) is 5.37. The van der Waals surface area contributed by atoms with Gasteiger partial charge in [0.25, 0.3) is 0 Å². The second-order valence-electron chi connectivity index (χ2n) is 11.0. The minimum absolute atomic E-state index is 0.695. The van der Waals surface area contributed by atoms with Crippen LogP contribution in [0.5, 0.6) is 0 Å². The van der Waals surface area contributed by atoms with Gasteiger partial charge in [-0.3, -0.25) is 0 Å². The Bertz CT molecular complexity index is 532. The SMILES string of the molecule is C=C1CCCC23CCC4C(CCC5C[C@H](C)CCC54C)C2CCC13. The molecule has 5 aliphatic carbocycles. The second-order valence-corrected chi connectivity index (χ2v) is 11.0. The van der Waals surface area contributed by atoms with E-state index in [1.165, 1.54) is 38.5 Å². The van der Waals surface area contributed by atoms with E-state index in [9.17, 15) is 0 Å². The summed E-state index contributed by atoms with van der Waals surface area (Å²) in [6.45, 7) is 9.77. The van der Waals surface area contributed by atoms with Crippen molar-refractivity contribution >= 4 is 0 Å². The summed E-state index contributed by atoms with van der Waals surface area (Å²) in [6.07, 6.45) is 18.2. The zero-order valence-electron chi connectivity index (χ0n) is 16.2. The van der Waals surface area contributed by atoms with Gasteiger partial charge in [-0.15, -0.1) is 0 Å². The molecule has 0 saturated heterocycles. The highest BCUT2D eigenvalue weighted by Crippen LogP contribution is 2.70. The van der Waals surface area contributed by atoms with Crippen LogP contribution in [-0.2, 0) is 0 Å². The molecule has 5 saturated carbocycles. The Labute approximate surface area is 149 Å². The summed E-state index contributed by atoms with van der Waals surface area (Å²) in [6, 6.07) is 0. The molecule has 1 spiro atoms. The first-order chi connectivity index (χ1) is 11.5. The molecule has 24 heavy (non-hydrogen) atoms. The van der Waals surface area contributed by atoms with Gasteiger partial charge in [-0.05, 0) is 117 Å². The van der Waals surface area contributed by atoms with E-state index in [1.807, 2.05) is 0 Å². The third kappa shape index (κ3) is 1.98. The molecule has 0 heterocycles. The van der Waals surface area contributed by atoms with Crippen LogP contribution >= 0.6 is 0 Å². The normalized spacial score (nSPS) is 56.8. The number of hydrogen-bond donors (Lipinski definition) is 0. The Morgan fingerprint density at radius 1 is 0.917 bits per heavy atom. The van der Waals surface area contributed by atoms with Gasteiger partial charge in [-0.25, -0.2) is 0 Å². The summed E-state index contributed by atoms with van der Waals surface area (Å²) >= 11 is 0. The van der Waals surface area contributed by atoms with Crippen LogP contribution in [0.4, 0.5) is 0 Å². The highest BCUT2D eigenvalue weighted by Gasteiger charge is 2.62. The number of hydrogen-bond acceptors (Lipinski definition) is 0. The van der Waals surface area contributed by atoms with Crippen molar-refractivity contribution in [3.05, 3.63) is 12.2 Å². The van der Waals surface area contributed by atoms with E-state index in [1.54, 1.807) is 44.1 Å². The van der Waals surface area contributed by atoms with Gasteiger partial charge in [0.15, 0.2) is 0 Å². The first kappa shape index (κ1) is 16.0. The summed E-state index contributed by atoms with van der Waals surface area (Å²) in [4.78, 5) is 0. The van der Waals surface area contributed by atoms with E-state index in [0.717, 1.165) is 35.5 Å². The van der Waals surface area contributed by atoms with E-state index >= 15 is 0 Å². The number of allylic oxidation sites excluding steroid dienone is 1. The minimum atomic E-state index is 0.695. The molecule has 0 aromatic carbocycles. The molecular formula is C24H38. The van der Waals surface area contributed by atoms with Gasteiger partial charge >= 0.3 is 0 Å². The molecule has 0 aromatic rings. The maximum atomic E-state index is 4.53. The fraction of sp³-hybridized carbons (Fsp3) is 0.917. The zero-order chi connectivity index (χ0) is 16.5. The highest BCUT2D eigenvalue weighted by atomic mass is 14.7.